The zero-order chi connectivity index (χ0) is 15.6. The van der Waals surface area contributed by atoms with Gasteiger partial charge in [-0.05, 0) is 36.7 Å². The molecule has 0 radical (unpaired) electrons. The van der Waals surface area contributed by atoms with Gasteiger partial charge in [-0.25, -0.2) is 9.97 Å². The summed E-state index contributed by atoms with van der Waals surface area (Å²) in [6.07, 6.45) is 5.38. The second-order valence-corrected chi connectivity index (χ2v) is 6.17. The molecule has 0 saturated heterocycles. The van der Waals surface area contributed by atoms with E-state index < -0.39 is 0 Å². The Morgan fingerprint density at radius 1 is 1.09 bits per heavy atom. The number of nitrogens with zero attached hydrogens (tertiary/aromatic N) is 6. The maximum Gasteiger partial charge on any atom is 0.202 e. The number of nitriles is 1. The molecule has 1 saturated carbocycles. The van der Waals surface area contributed by atoms with Crippen molar-refractivity contribution in [3.05, 3.63) is 54.2 Å². The molecule has 0 amide bonds. The van der Waals surface area contributed by atoms with E-state index in [0.717, 1.165) is 24.4 Å². The van der Waals surface area contributed by atoms with E-state index in [9.17, 15) is 5.26 Å². The molecule has 1 aliphatic carbocycles. The number of para-hydroxylation sites is 1. The lowest BCUT2D eigenvalue weighted by atomic mass is 10.3. The fourth-order valence-electron chi connectivity index (χ4n) is 2.34. The molecule has 0 unspecified atom stereocenters. The molecule has 4 rings (SSSR count). The third-order valence-electron chi connectivity index (χ3n) is 3.57. The highest BCUT2D eigenvalue weighted by Crippen LogP contribution is 2.41. The van der Waals surface area contributed by atoms with Crippen LogP contribution in [0.15, 0.2) is 52.9 Å². The van der Waals surface area contributed by atoms with Crippen LogP contribution in [-0.2, 0) is 0 Å². The van der Waals surface area contributed by atoms with Crippen LogP contribution in [-0.4, -0.2) is 24.7 Å². The van der Waals surface area contributed by atoms with Crippen LogP contribution in [0.25, 0.3) is 5.69 Å². The fourth-order valence-corrected chi connectivity index (χ4v) is 3.19. The summed E-state index contributed by atoms with van der Waals surface area (Å²) in [6, 6.07) is 12.1. The molecule has 0 N–H and O–H groups in total. The van der Waals surface area contributed by atoms with Crippen molar-refractivity contribution in [2.24, 2.45) is 0 Å². The van der Waals surface area contributed by atoms with Gasteiger partial charge in [0.2, 0.25) is 5.16 Å². The van der Waals surface area contributed by atoms with E-state index in [1.54, 1.807) is 6.20 Å². The number of aromatic nitrogens is 5. The van der Waals surface area contributed by atoms with E-state index in [2.05, 4.69) is 30.8 Å². The van der Waals surface area contributed by atoms with Crippen LogP contribution in [0.1, 0.15) is 30.3 Å². The van der Waals surface area contributed by atoms with Crippen molar-refractivity contribution in [2.45, 2.75) is 28.9 Å². The summed E-state index contributed by atoms with van der Waals surface area (Å²) in [5, 5.41) is 19.1. The van der Waals surface area contributed by atoms with Crippen LogP contribution >= 0.6 is 11.8 Å². The predicted octanol–water partition coefficient (Wildman–Crippen LogP) is 2.96. The second-order valence-electron chi connectivity index (χ2n) is 5.21. The van der Waals surface area contributed by atoms with Gasteiger partial charge >= 0.3 is 0 Å². The Morgan fingerprint density at radius 2 is 1.87 bits per heavy atom. The average Bonchev–Trinajstić information content (AvgIpc) is 3.37. The average molecular weight is 320 g/mol. The highest BCUT2D eigenvalue weighted by atomic mass is 32.2. The number of hydrogen-bond acceptors (Lipinski definition) is 6. The molecular formula is C16H12N6S. The van der Waals surface area contributed by atoms with Gasteiger partial charge in [0.05, 0.1) is 0 Å². The quantitative estimate of drug-likeness (QED) is 0.735. The highest BCUT2D eigenvalue weighted by molar-refractivity contribution is 7.99. The maximum atomic E-state index is 9.18. The Balaban J connectivity index is 1.79. The first kappa shape index (κ1) is 13.9. The number of benzene rings is 1. The molecule has 1 aromatic carbocycles. The lowest BCUT2D eigenvalue weighted by molar-refractivity contribution is 0.827. The van der Waals surface area contributed by atoms with Gasteiger partial charge in [0, 0.05) is 24.0 Å². The lowest BCUT2D eigenvalue weighted by Gasteiger charge is -2.09. The van der Waals surface area contributed by atoms with Crippen molar-refractivity contribution >= 4 is 11.8 Å². The SMILES string of the molecule is N#Cc1nccnc1Sc1nnc(C2CC2)n1-c1ccccc1. The molecule has 0 bridgehead atoms. The Bertz CT molecular complexity index is 879. The van der Waals surface area contributed by atoms with Crippen molar-refractivity contribution in [1.29, 1.82) is 5.26 Å². The first-order valence-corrected chi connectivity index (χ1v) is 8.08. The molecule has 112 valence electrons. The van der Waals surface area contributed by atoms with Crippen molar-refractivity contribution in [3.63, 3.8) is 0 Å². The minimum Gasteiger partial charge on any atom is -0.273 e. The molecule has 2 heterocycles. The molecule has 0 spiro atoms. The third kappa shape index (κ3) is 2.69. The summed E-state index contributed by atoms with van der Waals surface area (Å²) in [5.74, 6) is 1.44. The van der Waals surface area contributed by atoms with E-state index in [4.69, 9.17) is 0 Å². The molecule has 1 fully saturated rings. The van der Waals surface area contributed by atoms with E-state index >= 15 is 0 Å². The summed E-state index contributed by atoms with van der Waals surface area (Å²) >= 11 is 1.32. The van der Waals surface area contributed by atoms with Crippen LogP contribution in [0.5, 0.6) is 0 Å². The van der Waals surface area contributed by atoms with Gasteiger partial charge in [-0.15, -0.1) is 10.2 Å². The topological polar surface area (TPSA) is 80.3 Å². The van der Waals surface area contributed by atoms with Crippen molar-refractivity contribution in [3.8, 4) is 11.8 Å². The van der Waals surface area contributed by atoms with Gasteiger partial charge in [0.25, 0.3) is 0 Å². The summed E-state index contributed by atoms with van der Waals surface area (Å²) in [4.78, 5) is 8.29. The van der Waals surface area contributed by atoms with Gasteiger partial charge in [-0.2, -0.15) is 5.26 Å². The van der Waals surface area contributed by atoms with Gasteiger partial charge in [0.1, 0.15) is 16.9 Å². The van der Waals surface area contributed by atoms with Gasteiger partial charge < -0.3 is 0 Å². The van der Waals surface area contributed by atoms with Crippen LogP contribution < -0.4 is 0 Å². The minimum atomic E-state index is 0.299. The summed E-state index contributed by atoms with van der Waals surface area (Å²) in [5.41, 5.74) is 1.32. The first-order valence-electron chi connectivity index (χ1n) is 7.26. The Hall–Kier alpha value is -2.72. The zero-order valence-electron chi connectivity index (χ0n) is 12.1. The van der Waals surface area contributed by atoms with E-state index in [1.807, 2.05) is 30.3 Å². The summed E-state index contributed by atoms with van der Waals surface area (Å²) in [6.45, 7) is 0. The van der Waals surface area contributed by atoms with Gasteiger partial charge in [-0.3, -0.25) is 4.57 Å². The highest BCUT2D eigenvalue weighted by Gasteiger charge is 2.31. The number of hydrogen-bond donors (Lipinski definition) is 0. The summed E-state index contributed by atoms with van der Waals surface area (Å²) in [7, 11) is 0. The molecule has 3 aromatic rings. The minimum absolute atomic E-state index is 0.299. The van der Waals surface area contributed by atoms with Crippen LogP contribution in [0.2, 0.25) is 0 Å². The van der Waals surface area contributed by atoms with Gasteiger partial charge in [-0.1, -0.05) is 18.2 Å². The molecule has 23 heavy (non-hydrogen) atoms. The molecule has 0 aliphatic heterocycles. The standard InChI is InChI=1S/C16H12N6S/c17-10-13-15(19-9-8-18-13)23-16-21-20-14(11-6-7-11)22(16)12-4-2-1-3-5-12/h1-5,8-9,11H,6-7H2. The van der Waals surface area contributed by atoms with Crippen molar-refractivity contribution in [2.75, 3.05) is 0 Å². The van der Waals surface area contributed by atoms with Gasteiger partial charge in [0.15, 0.2) is 5.69 Å². The maximum absolute atomic E-state index is 9.18. The smallest absolute Gasteiger partial charge is 0.202 e. The Morgan fingerprint density at radius 3 is 2.61 bits per heavy atom. The van der Waals surface area contributed by atoms with E-state index in [0.29, 0.717) is 21.8 Å². The zero-order valence-corrected chi connectivity index (χ0v) is 12.9. The normalized spacial score (nSPS) is 13.7. The molecule has 7 heteroatoms. The molecule has 6 nitrogen and oxygen atoms in total. The monoisotopic (exact) mass is 320 g/mol. The van der Waals surface area contributed by atoms with E-state index in [-0.39, 0.29) is 0 Å². The fraction of sp³-hybridized carbons (Fsp3) is 0.188. The largest absolute Gasteiger partial charge is 0.273 e. The third-order valence-corrected chi connectivity index (χ3v) is 4.51. The Labute approximate surface area is 137 Å². The molecular weight excluding hydrogens is 308 g/mol. The molecule has 1 aliphatic rings. The first-order chi connectivity index (χ1) is 11.4. The Kier molecular flexibility index (Phi) is 3.52. The van der Waals surface area contributed by atoms with Crippen molar-refractivity contribution in [1.82, 2.24) is 24.7 Å². The molecule has 2 aromatic heterocycles. The summed E-state index contributed by atoms with van der Waals surface area (Å²) < 4.78 is 2.05. The van der Waals surface area contributed by atoms with Crippen molar-refractivity contribution < 1.29 is 0 Å². The predicted molar refractivity (Wildman–Crippen MR) is 84.2 cm³/mol. The van der Waals surface area contributed by atoms with Crippen LogP contribution in [0.4, 0.5) is 0 Å². The van der Waals surface area contributed by atoms with E-state index in [1.165, 1.54) is 18.0 Å². The van der Waals surface area contributed by atoms with Crippen LogP contribution in [0.3, 0.4) is 0 Å². The molecule has 0 atom stereocenters. The lowest BCUT2D eigenvalue weighted by Crippen LogP contribution is -2.02. The number of rotatable bonds is 4. The van der Waals surface area contributed by atoms with Crippen LogP contribution in [0, 0.1) is 11.3 Å². The second kappa shape index (κ2) is 5.82.